The summed E-state index contributed by atoms with van der Waals surface area (Å²) in [5, 5.41) is 0. The summed E-state index contributed by atoms with van der Waals surface area (Å²) in [5.41, 5.74) is 10.5. The molecule has 0 N–H and O–H groups in total. The molecule has 4 aliphatic rings. The van der Waals surface area contributed by atoms with E-state index in [2.05, 4.69) is 107 Å². The van der Waals surface area contributed by atoms with E-state index in [4.69, 9.17) is 0 Å². The standard InChI is InChI=1S/C25H15Br/c26-24-12-11-21-19-9-4-2-7-17(19)15-23(21)25(24)13-5-10-20-18-8-3-1-6-16(18)14-22(20)25/h1-15H. The Balaban J connectivity index is 1.63. The molecule has 0 amide bonds. The van der Waals surface area contributed by atoms with Crippen LogP contribution in [0.1, 0.15) is 22.3 Å². The normalized spacial score (nSPS) is 24.0. The zero-order valence-corrected chi connectivity index (χ0v) is 15.6. The summed E-state index contributed by atoms with van der Waals surface area (Å²) in [6, 6.07) is 17.4. The van der Waals surface area contributed by atoms with Crippen molar-refractivity contribution in [2.24, 2.45) is 5.41 Å². The van der Waals surface area contributed by atoms with Gasteiger partial charge in [0.25, 0.3) is 0 Å². The van der Waals surface area contributed by atoms with E-state index >= 15 is 0 Å². The van der Waals surface area contributed by atoms with Crippen LogP contribution >= 0.6 is 15.9 Å². The molecule has 0 saturated carbocycles. The third-order valence-corrected chi connectivity index (χ3v) is 6.80. The fourth-order valence-electron chi connectivity index (χ4n) is 4.74. The van der Waals surface area contributed by atoms with Gasteiger partial charge in [-0.2, -0.15) is 0 Å². The third-order valence-electron chi connectivity index (χ3n) is 5.91. The topological polar surface area (TPSA) is 0 Å². The van der Waals surface area contributed by atoms with Crippen molar-refractivity contribution < 1.29 is 0 Å². The van der Waals surface area contributed by atoms with E-state index in [1.807, 2.05) is 0 Å². The summed E-state index contributed by atoms with van der Waals surface area (Å²) in [4.78, 5) is 0. The van der Waals surface area contributed by atoms with Gasteiger partial charge in [0.2, 0.25) is 0 Å². The first-order chi connectivity index (χ1) is 12.8. The van der Waals surface area contributed by atoms with Crippen molar-refractivity contribution in [3.8, 4) is 0 Å². The number of benzene rings is 2. The van der Waals surface area contributed by atoms with Crippen LogP contribution in [0.3, 0.4) is 0 Å². The van der Waals surface area contributed by atoms with E-state index in [1.54, 1.807) is 0 Å². The predicted molar refractivity (Wildman–Crippen MR) is 113 cm³/mol. The molecule has 0 aromatic heterocycles. The summed E-state index contributed by atoms with van der Waals surface area (Å²) < 4.78 is 1.20. The van der Waals surface area contributed by atoms with E-state index in [1.165, 1.54) is 49.0 Å². The Morgan fingerprint density at radius 3 is 1.88 bits per heavy atom. The molecule has 0 radical (unpaired) electrons. The lowest BCUT2D eigenvalue weighted by atomic mass is 9.65. The van der Waals surface area contributed by atoms with Gasteiger partial charge in [0.15, 0.2) is 0 Å². The molecule has 4 aliphatic carbocycles. The number of allylic oxidation sites excluding steroid dienone is 10. The lowest BCUT2D eigenvalue weighted by Gasteiger charge is -2.39. The fraction of sp³-hybridized carbons (Fsp3) is 0.0400. The Bertz CT molecular complexity index is 1160. The fourth-order valence-corrected chi connectivity index (χ4v) is 5.43. The van der Waals surface area contributed by atoms with Crippen LogP contribution in [0.25, 0.3) is 23.3 Å². The molecule has 0 saturated heterocycles. The Hall–Kier alpha value is -2.64. The SMILES string of the molecule is BrC1=CC=C2C(=Cc3ccccc32)C12C=CC=C1C2=Cc2ccccc21. The first kappa shape index (κ1) is 14.5. The van der Waals surface area contributed by atoms with Gasteiger partial charge in [0.05, 0.1) is 5.41 Å². The number of fused-ring (bicyclic) bond motifs is 8. The minimum atomic E-state index is -0.244. The van der Waals surface area contributed by atoms with Crippen molar-refractivity contribution in [1.29, 1.82) is 0 Å². The Morgan fingerprint density at radius 2 is 1.23 bits per heavy atom. The highest BCUT2D eigenvalue weighted by atomic mass is 79.9. The molecule has 122 valence electrons. The second-order valence-corrected chi connectivity index (χ2v) is 7.99. The Labute approximate surface area is 161 Å². The molecule has 2 aromatic carbocycles. The highest BCUT2D eigenvalue weighted by molar-refractivity contribution is 9.11. The highest BCUT2D eigenvalue weighted by Gasteiger charge is 2.47. The van der Waals surface area contributed by atoms with Gasteiger partial charge in [0, 0.05) is 4.48 Å². The number of hydrogen-bond donors (Lipinski definition) is 0. The highest BCUT2D eigenvalue weighted by Crippen LogP contribution is 2.62. The average Bonchev–Trinajstić information content (AvgIpc) is 3.24. The lowest BCUT2D eigenvalue weighted by Crippen LogP contribution is -2.27. The number of halogens is 1. The monoisotopic (exact) mass is 394 g/mol. The minimum absolute atomic E-state index is 0.244. The van der Waals surface area contributed by atoms with E-state index in [0.29, 0.717) is 0 Å². The van der Waals surface area contributed by atoms with Crippen LogP contribution < -0.4 is 0 Å². The van der Waals surface area contributed by atoms with E-state index in [9.17, 15) is 0 Å². The molecular formula is C25H15Br. The molecule has 0 nitrogen and oxygen atoms in total. The minimum Gasteiger partial charge on any atom is -0.0646 e. The van der Waals surface area contributed by atoms with Crippen LogP contribution in [0, 0.1) is 5.41 Å². The average molecular weight is 395 g/mol. The van der Waals surface area contributed by atoms with Gasteiger partial charge in [-0.05, 0) is 62.8 Å². The van der Waals surface area contributed by atoms with Crippen LogP contribution in [0.4, 0.5) is 0 Å². The third kappa shape index (κ3) is 1.65. The predicted octanol–water partition coefficient (Wildman–Crippen LogP) is 6.80. The first-order valence-corrected chi connectivity index (χ1v) is 9.70. The van der Waals surface area contributed by atoms with Crippen molar-refractivity contribution in [2.75, 3.05) is 0 Å². The van der Waals surface area contributed by atoms with E-state index in [0.717, 1.165) is 0 Å². The van der Waals surface area contributed by atoms with Crippen molar-refractivity contribution in [3.63, 3.8) is 0 Å². The van der Waals surface area contributed by atoms with E-state index < -0.39 is 0 Å². The van der Waals surface area contributed by atoms with Crippen LogP contribution in [0.5, 0.6) is 0 Å². The molecule has 0 bridgehead atoms. The molecule has 1 atom stereocenters. The number of hydrogen-bond acceptors (Lipinski definition) is 0. The molecule has 26 heavy (non-hydrogen) atoms. The molecule has 1 unspecified atom stereocenters. The maximum Gasteiger partial charge on any atom is 0.0713 e. The van der Waals surface area contributed by atoms with Crippen LogP contribution in [-0.2, 0) is 0 Å². The van der Waals surface area contributed by atoms with Gasteiger partial charge < -0.3 is 0 Å². The molecule has 0 heterocycles. The summed E-state index contributed by atoms with van der Waals surface area (Å²) >= 11 is 3.93. The molecular weight excluding hydrogens is 380 g/mol. The zero-order chi connectivity index (χ0) is 17.3. The van der Waals surface area contributed by atoms with Crippen LogP contribution in [0.2, 0.25) is 0 Å². The second kappa shape index (κ2) is 4.96. The van der Waals surface area contributed by atoms with Crippen molar-refractivity contribution in [3.05, 3.63) is 117 Å². The Morgan fingerprint density at radius 1 is 0.654 bits per heavy atom. The lowest BCUT2D eigenvalue weighted by molar-refractivity contribution is 0.743. The summed E-state index contributed by atoms with van der Waals surface area (Å²) in [7, 11) is 0. The summed E-state index contributed by atoms with van der Waals surface area (Å²) in [6.45, 7) is 0. The largest absolute Gasteiger partial charge is 0.0713 e. The maximum absolute atomic E-state index is 3.93. The van der Waals surface area contributed by atoms with Crippen LogP contribution in [-0.4, -0.2) is 0 Å². The van der Waals surface area contributed by atoms with Gasteiger partial charge in [-0.1, -0.05) is 88.8 Å². The maximum atomic E-state index is 3.93. The number of rotatable bonds is 0. The molecule has 0 fully saturated rings. The Kier molecular flexibility index (Phi) is 2.77. The van der Waals surface area contributed by atoms with Crippen molar-refractivity contribution >= 4 is 39.2 Å². The molecule has 0 aliphatic heterocycles. The quantitative estimate of drug-likeness (QED) is 0.460. The zero-order valence-electron chi connectivity index (χ0n) is 14.0. The second-order valence-electron chi connectivity index (χ2n) is 7.13. The molecule has 6 rings (SSSR count). The van der Waals surface area contributed by atoms with Crippen LogP contribution in [0.15, 0.2) is 94.5 Å². The smallest absolute Gasteiger partial charge is 0.0646 e. The summed E-state index contributed by atoms with van der Waals surface area (Å²) in [5.74, 6) is 0. The van der Waals surface area contributed by atoms with E-state index in [-0.39, 0.29) is 5.41 Å². The molecule has 1 spiro atoms. The van der Waals surface area contributed by atoms with Crippen molar-refractivity contribution in [1.82, 2.24) is 0 Å². The van der Waals surface area contributed by atoms with Gasteiger partial charge in [-0.25, -0.2) is 0 Å². The van der Waals surface area contributed by atoms with Crippen molar-refractivity contribution in [2.45, 2.75) is 0 Å². The van der Waals surface area contributed by atoms with Gasteiger partial charge in [-0.3, -0.25) is 0 Å². The summed E-state index contributed by atoms with van der Waals surface area (Å²) in [6.07, 6.45) is 16.0. The van der Waals surface area contributed by atoms with Gasteiger partial charge >= 0.3 is 0 Å². The molecule has 1 heteroatoms. The first-order valence-electron chi connectivity index (χ1n) is 8.90. The van der Waals surface area contributed by atoms with Gasteiger partial charge in [0.1, 0.15) is 0 Å². The van der Waals surface area contributed by atoms with Gasteiger partial charge in [-0.15, -0.1) is 0 Å². The molecule has 2 aromatic rings.